The largest absolute Gasteiger partial charge is 0.497 e. The summed E-state index contributed by atoms with van der Waals surface area (Å²) >= 11 is 0. The van der Waals surface area contributed by atoms with Gasteiger partial charge in [0.25, 0.3) is 15.9 Å². The predicted octanol–water partition coefficient (Wildman–Crippen LogP) is 5.58. The number of ether oxygens (including phenoxy) is 1. The molecule has 0 unspecified atom stereocenters. The van der Waals surface area contributed by atoms with E-state index in [2.05, 4.69) is 5.32 Å². The molecule has 36 heavy (non-hydrogen) atoms. The van der Waals surface area contributed by atoms with Crippen LogP contribution < -0.4 is 14.4 Å². The molecule has 0 fully saturated rings. The minimum atomic E-state index is -3.96. The Kier molecular flexibility index (Phi) is 7.71. The summed E-state index contributed by atoms with van der Waals surface area (Å²) in [6, 6.07) is 31.5. The molecule has 1 amide bonds. The molecule has 7 heteroatoms. The van der Waals surface area contributed by atoms with Crippen LogP contribution in [0.1, 0.15) is 34.5 Å². The van der Waals surface area contributed by atoms with E-state index in [1.165, 1.54) is 4.31 Å². The lowest BCUT2D eigenvalue weighted by molar-refractivity contribution is 0.0940. The van der Waals surface area contributed by atoms with Gasteiger partial charge < -0.3 is 10.1 Å². The van der Waals surface area contributed by atoms with Gasteiger partial charge in [0, 0.05) is 0 Å². The fraction of sp³-hybridized carbons (Fsp3) is 0.138. The van der Waals surface area contributed by atoms with Gasteiger partial charge in [-0.15, -0.1) is 0 Å². The van der Waals surface area contributed by atoms with E-state index >= 15 is 0 Å². The summed E-state index contributed by atoms with van der Waals surface area (Å²) in [6.07, 6.45) is 0. The first kappa shape index (κ1) is 25.0. The molecule has 6 nitrogen and oxygen atoms in total. The number of hydrogen-bond acceptors (Lipinski definition) is 4. The highest BCUT2D eigenvalue weighted by Crippen LogP contribution is 2.30. The van der Waals surface area contributed by atoms with Gasteiger partial charge in [-0.1, -0.05) is 72.8 Å². The van der Waals surface area contributed by atoms with Gasteiger partial charge >= 0.3 is 0 Å². The number of nitrogens with zero attached hydrogens (tertiary/aromatic N) is 1. The van der Waals surface area contributed by atoms with Gasteiger partial charge in [0.05, 0.1) is 35.8 Å². The average molecular weight is 501 g/mol. The number of amides is 1. The Labute approximate surface area is 212 Å². The molecule has 1 atom stereocenters. The number of hydrogen-bond donors (Lipinski definition) is 1. The number of nitrogens with one attached hydrogen (secondary N) is 1. The molecule has 0 radical (unpaired) electrons. The van der Waals surface area contributed by atoms with Crippen molar-refractivity contribution in [3.05, 3.63) is 126 Å². The highest BCUT2D eigenvalue weighted by molar-refractivity contribution is 7.92. The third kappa shape index (κ3) is 5.58. The van der Waals surface area contributed by atoms with Gasteiger partial charge in [-0.05, 0) is 54.4 Å². The topological polar surface area (TPSA) is 75.7 Å². The molecule has 1 N–H and O–H groups in total. The molecule has 4 aromatic rings. The number of sulfonamides is 1. The second kappa shape index (κ2) is 11.1. The fourth-order valence-electron chi connectivity index (χ4n) is 3.90. The van der Waals surface area contributed by atoms with Crippen LogP contribution in [0, 0.1) is 0 Å². The van der Waals surface area contributed by atoms with Gasteiger partial charge in [0.15, 0.2) is 0 Å². The molecule has 0 heterocycles. The smallest absolute Gasteiger partial charge is 0.264 e. The van der Waals surface area contributed by atoms with Crippen LogP contribution in [0.25, 0.3) is 0 Å². The van der Waals surface area contributed by atoms with E-state index in [4.69, 9.17) is 4.74 Å². The summed E-state index contributed by atoms with van der Waals surface area (Å²) < 4.78 is 34.1. The molecule has 4 rings (SSSR count). The van der Waals surface area contributed by atoms with Crippen molar-refractivity contribution in [1.29, 1.82) is 0 Å². The second-order valence-electron chi connectivity index (χ2n) is 8.30. The van der Waals surface area contributed by atoms with Gasteiger partial charge in [0.2, 0.25) is 0 Å². The first-order chi connectivity index (χ1) is 17.4. The Bertz CT molecular complexity index is 1410. The van der Waals surface area contributed by atoms with Crippen molar-refractivity contribution >= 4 is 21.6 Å². The van der Waals surface area contributed by atoms with Crippen molar-refractivity contribution in [2.24, 2.45) is 0 Å². The van der Waals surface area contributed by atoms with Crippen LogP contribution in [0.15, 0.2) is 114 Å². The van der Waals surface area contributed by atoms with Crippen LogP contribution in [0.3, 0.4) is 0 Å². The van der Waals surface area contributed by atoms with Crippen molar-refractivity contribution in [1.82, 2.24) is 5.32 Å². The van der Waals surface area contributed by atoms with Crippen molar-refractivity contribution < 1.29 is 17.9 Å². The molecular formula is C29H28N2O4S. The Morgan fingerprint density at radius 3 is 2.06 bits per heavy atom. The third-order valence-electron chi connectivity index (χ3n) is 5.88. The van der Waals surface area contributed by atoms with Crippen LogP contribution in [0.2, 0.25) is 0 Å². The highest BCUT2D eigenvalue weighted by atomic mass is 32.2. The highest BCUT2D eigenvalue weighted by Gasteiger charge is 2.28. The zero-order valence-electron chi connectivity index (χ0n) is 20.2. The van der Waals surface area contributed by atoms with Crippen LogP contribution in [0.5, 0.6) is 5.75 Å². The van der Waals surface area contributed by atoms with Crippen molar-refractivity contribution in [3.8, 4) is 5.75 Å². The minimum Gasteiger partial charge on any atom is -0.497 e. The SMILES string of the molecule is COc1ccc([C@@H](C)NC(=O)c2ccccc2N(Cc2ccccc2)S(=O)(=O)c2ccccc2)cc1. The summed E-state index contributed by atoms with van der Waals surface area (Å²) in [6.45, 7) is 1.96. The lowest BCUT2D eigenvalue weighted by Crippen LogP contribution is -2.34. The van der Waals surface area contributed by atoms with E-state index in [-0.39, 0.29) is 29.0 Å². The number of methoxy groups -OCH3 is 1. The number of para-hydroxylation sites is 1. The Morgan fingerprint density at radius 2 is 1.42 bits per heavy atom. The Balaban J connectivity index is 1.71. The molecule has 0 saturated carbocycles. The zero-order valence-corrected chi connectivity index (χ0v) is 21.0. The van der Waals surface area contributed by atoms with E-state index in [0.717, 1.165) is 16.9 Å². The normalized spacial score (nSPS) is 11.9. The van der Waals surface area contributed by atoms with Crippen LogP contribution in [-0.2, 0) is 16.6 Å². The van der Waals surface area contributed by atoms with E-state index < -0.39 is 10.0 Å². The summed E-state index contributed by atoms with van der Waals surface area (Å²) in [5, 5.41) is 3.00. The van der Waals surface area contributed by atoms with Gasteiger partial charge in [-0.3, -0.25) is 9.10 Å². The van der Waals surface area contributed by atoms with E-state index in [9.17, 15) is 13.2 Å². The van der Waals surface area contributed by atoms with Gasteiger partial charge in [-0.25, -0.2) is 8.42 Å². The van der Waals surface area contributed by atoms with Crippen molar-refractivity contribution in [2.45, 2.75) is 24.4 Å². The maximum absolute atomic E-state index is 13.8. The van der Waals surface area contributed by atoms with Gasteiger partial charge in [0.1, 0.15) is 5.75 Å². The minimum absolute atomic E-state index is 0.0798. The molecule has 0 saturated heterocycles. The van der Waals surface area contributed by atoms with Crippen LogP contribution in [0.4, 0.5) is 5.69 Å². The van der Waals surface area contributed by atoms with Crippen LogP contribution in [-0.4, -0.2) is 21.4 Å². The number of anilines is 1. The van der Waals surface area contributed by atoms with E-state index in [0.29, 0.717) is 5.69 Å². The molecular weight excluding hydrogens is 472 g/mol. The summed E-state index contributed by atoms with van der Waals surface area (Å²) in [5.74, 6) is 0.362. The number of carbonyl (C=O) groups excluding carboxylic acids is 1. The van der Waals surface area contributed by atoms with Crippen molar-refractivity contribution in [2.75, 3.05) is 11.4 Å². The molecule has 0 aliphatic rings. The molecule has 184 valence electrons. The van der Waals surface area contributed by atoms with Crippen molar-refractivity contribution in [3.63, 3.8) is 0 Å². The first-order valence-electron chi connectivity index (χ1n) is 11.6. The standard InChI is InChI=1S/C29H28N2O4S/c1-22(24-17-19-25(35-2)20-18-24)30-29(32)27-15-9-10-16-28(27)31(21-23-11-5-3-6-12-23)36(33,34)26-13-7-4-8-14-26/h3-20,22H,21H2,1-2H3,(H,30,32)/t22-/m1/s1. The lowest BCUT2D eigenvalue weighted by Gasteiger charge is -2.27. The predicted molar refractivity (Wildman–Crippen MR) is 142 cm³/mol. The van der Waals surface area contributed by atoms with Crippen LogP contribution >= 0.6 is 0 Å². The molecule has 0 aromatic heterocycles. The van der Waals surface area contributed by atoms with E-state index in [1.807, 2.05) is 61.5 Å². The molecule has 0 aliphatic heterocycles. The van der Waals surface area contributed by atoms with Gasteiger partial charge in [-0.2, -0.15) is 0 Å². The van der Waals surface area contributed by atoms with E-state index in [1.54, 1.807) is 61.7 Å². The number of rotatable bonds is 9. The zero-order chi connectivity index (χ0) is 25.5. The molecule has 0 bridgehead atoms. The Morgan fingerprint density at radius 1 is 0.833 bits per heavy atom. The number of benzene rings is 4. The lowest BCUT2D eigenvalue weighted by atomic mass is 10.1. The third-order valence-corrected chi connectivity index (χ3v) is 7.65. The molecule has 4 aromatic carbocycles. The maximum atomic E-state index is 13.8. The monoisotopic (exact) mass is 500 g/mol. The Hall–Kier alpha value is -4.10. The number of carbonyl (C=O) groups is 1. The molecule has 0 aliphatic carbocycles. The fourth-order valence-corrected chi connectivity index (χ4v) is 5.39. The summed E-state index contributed by atoms with van der Waals surface area (Å²) in [4.78, 5) is 13.6. The molecule has 0 spiro atoms. The summed E-state index contributed by atoms with van der Waals surface area (Å²) in [7, 11) is -2.36. The quantitative estimate of drug-likeness (QED) is 0.325. The maximum Gasteiger partial charge on any atom is 0.264 e. The summed E-state index contributed by atoms with van der Waals surface area (Å²) in [5.41, 5.74) is 2.29. The second-order valence-corrected chi connectivity index (χ2v) is 10.2. The average Bonchev–Trinajstić information content (AvgIpc) is 2.92. The first-order valence-corrected chi connectivity index (χ1v) is 13.0.